The van der Waals surface area contributed by atoms with Crippen molar-refractivity contribution in [3.63, 3.8) is 0 Å². The lowest BCUT2D eigenvalue weighted by Crippen LogP contribution is -2.27. The zero-order valence-electron chi connectivity index (χ0n) is 13.2. The first-order valence-electron chi connectivity index (χ1n) is 7.39. The molecule has 0 aromatic heterocycles. The van der Waals surface area contributed by atoms with Crippen LogP contribution in [0.25, 0.3) is 0 Å². The summed E-state index contributed by atoms with van der Waals surface area (Å²) in [5.41, 5.74) is 0.852. The lowest BCUT2D eigenvalue weighted by molar-refractivity contribution is 0.0931. The van der Waals surface area contributed by atoms with E-state index in [1.165, 1.54) is 6.07 Å². The average Bonchev–Trinajstić information content (AvgIpc) is 2.55. The summed E-state index contributed by atoms with van der Waals surface area (Å²) in [5, 5.41) is 2.79. The SMILES string of the molecule is COCCOc1ccccc1C(=O)N[C@H](C)c1ccccc1F. The summed E-state index contributed by atoms with van der Waals surface area (Å²) < 4.78 is 24.3. The van der Waals surface area contributed by atoms with Crippen molar-refractivity contribution in [3.8, 4) is 5.75 Å². The smallest absolute Gasteiger partial charge is 0.255 e. The molecule has 0 aliphatic rings. The van der Waals surface area contributed by atoms with Gasteiger partial charge in [0.25, 0.3) is 5.91 Å². The van der Waals surface area contributed by atoms with Gasteiger partial charge in [-0.15, -0.1) is 0 Å². The van der Waals surface area contributed by atoms with Crippen LogP contribution >= 0.6 is 0 Å². The highest BCUT2D eigenvalue weighted by molar-refractivity contribution is 5.97. The first kappa shape index (κ1) is 17.0. The van der Waals surface area contributed by atoms with Gasteiger partial charge in [-0.25, -0.2) is 4.39 Å². The quantitative estimate of drug-likeness (QED) is 0.797. The molecule has 2 aromatic carbocycles. The molecule has 2 aromatic rings. The molecule has 1 atom stereocenters. The highest BCUT2D eigenvalue weighted by Gasteiger charge is 2.17. The zero-order valence-corrected chi connectivity index (χ0v) is 13.2. The second-order valence-electron chi connectivity index (χ2n) is 5.05. The molecule has 5 heteroatoms. The molecule has 4 nitrogen and oxygen atoms in total. The van der Waals surface area contributed by atoms with Crippen molar-refractivity contribution in [2.24, 2.45) is 0 Å². The molecule has 0 radical (unpaired) electrons. The Hall–Kier alpha value is -2.40. The van der Waals surface area contributed by atoms with Gasteiger partial charge in [-0.2, -0.15) is 0 Å². The monoisotopic (exact) mass is 317 g/mol. The second-order valence-corrected chi connectivity index (χ2v) is 5.05. The largest absolute Gasteiger partial charge is 0.490 e. The van der Waals surface area contributed by atoms with E-state index in [0.717, 1.165) is 0 Å². The van der Waals surface area contributed by atoms with Crippen molar-refractivity contribution >= 4 is 5.91 Å². The summed E-state index contributed by atoms with van der Waals surface area (Å²) in [6, 6.07) is 12.9. The average molecular weight is 317 g/mol. The molecule has 1 amide bonds. The van der Waals surface area contributed by atoms with Gasteiger partial charge in [0.15, 0.2) is 0 Å². The molecule has 0 fully saturated rings. The first-order valence-corrected chi connectivity index (χ1v) is 7.39. The number of carbonyl (C=O) groups excluding carboxylic acids is 1. The predicted octanol–water partition coefficient (Wildman–Crippen LogP) is 3.34. The Labute approximate surface area is 135 Å². The third-order valence-corrected chi connectivity index (χ3v) is 3.40. The van der Waals surface area contributed by atoms with E-state index in [1.807, 2.05) is 0 Å². The topological polar surface area (TPSA) is 47.6 Å². The maximum absolute atomic E-state index is 13.8. The molecule has 0 aliphatic carbocycles. The van der Waals surface area contributed by atoms with E-state index < -0.39 is 6.04 Å². The highest BCUT2D eigenvalue weighted by Crippen LogP contribution is 2.21. The Morgan fingerprint density at radius 1 is 1.13 bits per heavy atom. The molecule has 0 saturated carbocycles. The van der Waals surface area contributed by atoms with Crippen LogP contribution in [-0.2, 0) is 4.74 Å². The Bertz CT molecular complexity index is 660. The number of para-hydroxylation sites is 1. The van der Waals surface area contributed by atoms with Crippen LogP contribution in [0.1, 0.15) is 28.9 Å². The van der Waals surface area contributed by atoms with Gasteiger partial charge in [-0.3, -0.25) is 4.79 Å². The molecule has 122 valence electrons. The Kier molecular flexibility index (Phi) is 6.11. The van der Waals surface area contributed by atoms with Crippen LogP contribution in [0.4, 0.5) is 4.39 Å². The number of benzene rings is 2. The summed E-state index contributed by atoms with van der Waals surface area (Å²) in [6.45, 7) is 2.52. The molecule has 23 heavy (non-hydrogen) atoms. The van der Waals surface area contributed by atoms with Crippen molar-refractivity contribution in [2.45, 2.75) is 13.0 Å². The fraction of sp³-hybridized carbons (Fsp3) is 0.278. The van der Waals surface area contributed by atoms with Gasteiger partial charge in [0.2, 0.25) is 0 Å². The number of rotatable bonds is 7. The minimum absolute atomic E-state index is 0.311. The van der Waals surface area contributed by atoms with Crippen LogP contribution in [0.2, 0.25) is 0 Å². The molecular formula is C18H20FNO3. The molecule has 0 saturated heterocycles. The van der Waals surface area contributed by atoms with Gasteiger partial charge in [-0.1, -0.05) is 30.3 Å². The summed E-state index contributed by atoms with van der Waals surface area (Å²) in [4.78, 5) is 12.4. The van der Waals surface area contributed by atoms with Crippen LogP contribution in [-0.4, -0.2) is 26.2 Å². The van der Waals surface area contributed by atoms with Crippen molar-refractivity contribution in [2.75, 3.05) is 20.3 Å². The van der Waals surface area contributed by atoms with E-state index in [0.29, 0.717) is 30.1 Å². The van der Waals surface area contributed by atoms with E-state index in [-0.39, 0.29) is 11.7 Å². The first-order chi connectivity index (χ1) is 11.1. The van der Waals surface area contributed by atoms with Crippen LogP contribution in [0.15, 0.2) is 48.5 Å². The van der Waals surface area contributed by atoms with E-state index in [9.17, 15) is 9.18 Å². The van der Waals surface area contributed by atoms with Crippen molar-refractivity contribution in [1.29, 1.82) is 0 Å². The fourth-order valence-corrected chi connectivity index (χ4v) is 2.19. The lowest BCUT2D eigenvalue weighted by Gasteiger charge is -2.17. The van der Waals surface area contributed by atoms with E-state index in [2.05, 4.69) is 5.32 Å². The van der Waals surface area contributed by atoms with E-state index in [4.69, 9.17) is 9.47 Å². The summed E-state index contributed by atoms with van der Waals surface area (Å²) in [7, 11) is 1.58. The molecule has 0 heterocycles. The Balaban J connectivity index is 2.10. The number of nitrogens with one attached hydrogen (secondary N) is 1. The molecule has 0 unspecified atom stereocenters. The van der Waals surface area contributed by atoms with Gasteiger partial charge >= 0.3 is 0 Å². The number of ether oxygens (including phenoxy) is 2. The molecule has 0 aliphatic heterocycles. The predicted molar refractivity (Wildman–Crippen MR) is 86.1 cm³/mol. The molecule has 0 bridgehead atoms. The number of hydrogen-bond donors (Lipinski definition) is 1. The number of carbonyl (C=O) groups is 1. The number of hydrogen-bond acceptors (Lipinski definition) is 3. The molecular weight excluding hydrogens is 297 g/mol. The van der Waals surface area contributed by atoms with Crippen molar-refractivity contribution < 1.29 is 18.7 Å². The molecule has 2 rings (SSSR count). The standard InChI is InChI=1S/C18H20FNO3/c1-13(14-7-3-5-9-16(14)19)20-18(21)15-8-4-6-10-17(15)23-12-11-22-2/h3-10,13H,11-12H2,1-2H3,(H,20,21)/t13-/m1/s1. The van der Waals surface area contributed by atoms with Gasteiger partial charge in [0, 0.05) is 12.7 Å². The van der Waals surface area contributed by atoms with E-state index >= 15 is 0 Å². The van der Waals surface area contributed by atoms with Crippen molar-refractivity contribution in [3.05, 3.63) is 65.5 Å². The van der Waals surface area contributed by atoms with Crippen LogP contribution < -0.4 is 10.1 Å². The highest BCUT2D eigenvalue weighted by atomic mass is 19.1. The maximum Gasteiger partial charge on any atom is 0.255 e. The Morgan fingerprint density at radius 3 is 2.57 bits per heavy atom. The van der Waals surface area contributed by atoms with Crippen molar-refractivity contribution in [1.82, 2.24) is 5.32 Å². The second kappa shape index (κ2) is 8.29. The van der Waals surface area contributed by atoms with Gasteiger partial charge in [-0.05, 0) is 25.1 Å². The number of amides is 1. The van der Waals surface area contributed by atoms with E-state index in [1.54, 1.807) is 56.5 Å². The summed E-state index contributed by atoms with van der Waals surface area (Å²) in [6.07, 6.45) is 0. The van der Waals surface area contributed by atoms with Gasteiger partial charge < -0.3 is 14.8 Å². The van der Waals surface area contributed by atoms with Crippen LogP contribution in [0.3, 0.4) is 0 Å². The summed E-state index contributed by atoms with van der Waals surface area (Å²) >= 11 is 0. The minimum Gasteiger partial charge on any atom is -0.490 e. The normalized spacial score (nSPS) is 11.8. The fourth-order valence-electron chi connectivity index (χ4n) is 2.19. The van der Waals surface area contributed by atoms with Crippen LogP contribution in [0.5, 0.6) is 5.75 Å². The Morgan fingerprint density at radius 2 is 1.83 bits per heavy atom. The minimum atomic E-state index is -0.448. The van der Waals surface area contributed by atoms with Gasteiger partial charge in [0.05, 0.1) is 18.2 Å². The third-order valence-electron chi connectivity index (χ3n) is 3.40. The van der Waals surface area contributed by atoms with Gasteiger partial charge in [0.1, 0.15) is 18.2 Å². The molecule has 1 N–H and O–H groups in total. The lowest BCUT2D eigenvalue weighted by atomic mass is 10.1. The zero-order chi connectivity index (χ0) is 16.7. The number of methoxy groups -OCH3 is 1. The maximum atomic E-state index is 13.8. The molecule has 0 spiro atoms. The van der Waals surface area contributed by atoms with Crippen LogP contribution in [0, 0.1) is 5.82 Å². The summed E-state index contributed by atoms with van der Waals surface area (Å²) in [5.74, 6) is -0.179. The number of halogens is 1. The third kappa shape index (κ3) is 4.53.